The van der Waals surface area contributed by atoms with E-state index in [1.165, 1.54) is 0 Å². The predicted octanol–water partition coefficient (Wildman–Crippen LogP) is 0.857. The molecule has 96 valence electrons. The highest BCUT2D eigenvalue weighted by Gasteiger charge is 2.32. The maximum Gasteiger partial charge on any atom is 0.319 e. The zero-order valence-corrected chi connectivity index (χ0v) is 9.93. The number of hydrogen-bond acceptors (Lipinski definition) is 3. The lowest BCUT2D eigenvalue weighted by atomic mass is 10.0. The molecule has 6 heteroatoms. The van der Waals surface area contributed by atoms with Crippen LogP contribution in [0.4, 0.5) is 10.5 Å². The van der Waals surface area contributed by atoms with Crippen molar-refractivity contribution in [2.45, 2.75) is 25.3 Å². The molecule has 1 saturated carbocycles. The van der Waals surface area contributed by atoms with Crippen LogP contribution < -0.4 is 16.4 Å². The van der Waals surface area contributed by atoms with Crippen LogP contribution in [0, 0.1) is 5.92 Å². The normalized spacial score (nSPS) is 22.4. The summed E-state index contributed by atoms with van der Waals surface area (Å²) in [7, 11) is 0. The fourth-order valence-corrected chi connectivity index (χ4v) is 2.24. The number of anilines is 1. The zero-order valence-electron chi connectivity index (χ0n) is 9.93. The first-order chi connectivity index (χ1) is 8.66. The van der Waals surface area contributed by atoms with Crippen LogP contribution in [-0.2, 0) is 4.79 Å². The number of nitrogens with zero attached hydrogens (tertiary/aromatic N) is 1. The lowest BCUT2D eigenvalue weighted by Gasteiger charge is -2.18. The van der Waals surface area contributed by atoms with Crippen molar-refractivity contribution in [2.75, 3.05) is 5.32 Å². The van der Waals surface area contributed by atoms with Crippen LogP contribution in [0.1, 0.15) is 19.3 Å². The molecule has 0 bridgehead atoms. The molecule has 0 aromatic carbocycles. The predicted molar refractivity (Wildman–Crippen MR) is 66.7 cm³/mol. The lowest BCUT2D eigenvalue weighted by Crippen LogP contribution is -2.44. The molecular weight excluding hydrogens is 232 g/mol. The minimum absolute atomic E-state index is 0.163. The summed E-state index contributed by atoms with van der Waals surface area (Å²) in [5, 5.41) is 5.47. The van der Waals surface area contributed by atoms with Gasteiger partial charge in [0.25, 0.3) is 0 Å². The molecule has 1 aliphatic carbocycles. The van der Waals surface area contributed by atoms with Gasteiger partial charge >= 0.3 is 6.03 Å². The van der Waals surface area contributed by atoms with Gasteiger partial charge in [0.15, 0.2) is 0 Å². The van der Waals surface area contributed by atoms with Crippen LogP contribution in [0.2, 0.25) is 0 Å². The van der Waals surface area contributed by atoms with Gasteiger partial charge in [0.2, 0.25) is 5.91 Å². The Bertz CT molecular complexity index is 435. The Morgan fingerprint density at radius 3 is 2.67 bits per heavy atom. The van der Waals surface area contributed by atoms with Crippen molar-refractivity contribution < 1.29 is 9.59 Å². The quantitative estimate of drug-likeness (QED) is 0.740. The minimum atomic E-state index is -0.346. The maximum atomic E-state index is 11.7. The van der Waals surface area contributed by atoms with E-state index in [0.717, 1.165) is 19.3 Å². The molecule has 3 amide bonds. The van der Waals surface area contributed by atoms with Crippen LogP contribution in [-0.4, -0.2) is 23.0 Å². The molecule has 0 saturated heterocycles. The molecule has 6 nitrogen and oxygen atoms in total. The van der Waals surface area contributed by atoms with Gasteiger partial charge < -0.3 is 16.4 Å². The summed E-state index contributed by atoms with van der Waals surface area (Å²) >= 11 is 0. The number of nitrogens with two attached hydrogens (primary N) is 1. The fourth-order valence-electron chi connectivity index (χ4n) is 2.24. The number of hydrogen-bond donors (Lipinski definition) is 3. The highest BCUT2D eigenvalue weighted by atomic mass is 16.2. The first-order valence-electron chi connectivity index (χ1n) is 5.93. The van der Waals surface area contributed by atoms with Crippen molar-refractivity contribution in [3.05, 3.63) is 24.5 Å². The van der Waals surface area contributed by atoms with E-state index >= 15 is 0 Å². The van der Waals surface area contributed by atoms with E-state index in [4.69, 9.17) is 5.73 Å². The van der Waals surface area contributed by atoms with Crippen molar-refractivity contribution in [3.63, 3.8) is 0 Å². The standard InChI is InChI=1S/C12H16N4O2/c13-11(17)9-2-1-3-10(9)16-12(18)15-8-4-6-14-7-5-8/h4-7,9-10H,1-3H2,(H2,13,17)(H2,14,15,16,18)/t9-,10+/m0/s1. The summed E-state index contributed by atoms with van der Waals surface area (Å²) in [5.74, 6) is -0.602. The van der Waals surface area contributed by atoms with E-state index in [0.29, 0.717) is 5.69 Å². The van der Waals surface area contributed by atoms with E-state index in [1.54, 1.807) is 24.5 Å². The first-order valence-corrected chi connectivity index (χ1v) is 5.93. The molecule has 2 atom stereocenters. The number of amides is 3. The van der Waals surface area contributed by atoms with Gasteiger partial charge in [-0.1, -0.05) is 6.42 Å². The van der Waals surface area contributed by atoms with Crippen molar-refractivity contribution in [3.8, 4) is 0 Å². The Hall–Kier alpha value is -2.11. The van der Waals surface area contributed by atoms with Gasteiger partial charge in [0, 0.05) is 24.1 Å². The van der Waals surface area contributed by atoms with Crippen LogP contribution in [0.15, 0.2) is 24.5 Å². The summed E-state index contributed by atoms with van der Waals surface area (Å²) in [6.45, 7) is 0. The first kappa shape index (κ1) is 12.3. The molecule has 0 radical (unpaired) electrons. The minimum Gasteiger partial charge on any atom is -0.369 e. The van der Waals surface area contributed by atoms with Gasteiger partial charge in [0.1, 0.15) is 0 Å². The molecule has 0 aliphatic heterocycles. The summed E-state index contributed by atoms with van der Waals surface area (Å²) in [6, 6.07) is 2.91. The molecular formula is C12H16N4O2. The fraction of sp³-hybridized carbons (Fsp3) is 0.417. The molecule has 1 aromatic heterocycles. The van der Waals surface area contributed by atoms with Gasteiger partial charge in [-0.05, 0) is 25.0 Å². The number of urea groups is 1. The molecule has 0 unspecified atom stereocenters. The summed E-state index contributed by atoms with van der Waals surface area (Å²) < 4.78 is 0. The number of carbonyl (C=O) groups is 2. The smallest absolute Gasteiger partial charge is 0.319 e. The zero-order chi connectivity index (χ0) is 13.0. The number of primary amides is 1. The second kappa shape index (κ2) is 5.48. The Kier molecular flexibility index (Phi) is 3.76. The average Bonchev–Trinajstić information content (AvgIpc) is 2.78. The lowest BCUT2D eigenvalue weighted by molar-refractivity contribution is -0.122. The van der Waals surface area contributed by atoms with Gasteiger partial charge in [-0.25, -0.2) is 4.79 Å². The molecule has 2 rings (SSSR count). The third-order valence-corrected chi connectivity index (χ3v) is 3.14. The number of rotatable bonds is 3. The van der Waals surface area contributed by atoms with E-state index in [1.807, 2.05) is 0 Å². The average molecular weight is 248 g/mol. The Morgan fingerprint density at radius 2 is 2.00 bits per heavy atom. The summed E-state index contributed by atoms with van der Waals surface area (Å²) in [4.78, 5) is 26.8. The molecule has 0 spiro atoms. The third-order valence-electron chi connectivity index (χ3n) is 3.14. The SMILES string of the molecule is NC(=O)[C@H]1CCC[C@H]1NC(=O)Nc1ccncc1. The highest BCUT2D eigenvalue weighted by Crippen LogP contribution is 2.25. The molecule has 1 aliphatic rings. The van der Waals surface area contributed by atoms with Gasteiger partial charge in [-0.3, -0.25) is 9.78 Å². The molecule has 1 heterocycles. The highest BCUT2D eigenvalue weighted by molar-refractivity contribution is 5.90. The summed E-state index contributed by atoms with van der Waals surface area (Å²) in [5.41, 5.74) is 5.96. The van der Waals surface area contributed by atoms with E-state index in [2.05, 4.69) is 15.6 Å². The second-order valence-electron chi connectivity index (χ2n) is 4.38. The Morgan fingerprint density at radius 1 is 1.28 bits per heavy atom. The largest absolute Gasteiger partial charge is 0.369 e. The van der Waals surface area contributed by atoms with Crippen molar-refractivity contribution in [2.24, 2.45) is 11.7 Å². The molecule has 1 fully saturated rings. The second-order valence-corrected chi connectivity index (χ2v) is 4.38. The van der Waals surface area contributed by atoms with Gasteiger partial charge in [0.05, 0.1) is 5.92 Å². The van der Waals surface area contributed by atoms with Crippen LogP contribution in [0.5, 0.6) is 0 Å². The topological polar surface area (TPSA) is 97.1 Å². The van der Waals surface area contributed by atoms with Crippen LogP contribution >= 0.6 is 0 Å². The van der Waals surface area contributed by atoms with E-state index in [9.17, 15) is 9.59 Å². The monoisotopic (exact) mass is 248 g/mol. The van der Waals surface area contributed by atoms with Crippen molar-refractivity contribution in [1.29, 1.82) is 0 Å². The van der Waals surface area contributed by atoms with Crippen LogP contribution in [0.25, 0.3) is 0 Å². The summed E-state index contributed by atoms with van der Waals surface area (Å²) in [6.07, 6.45) is 5.63. The van der Waals surface area contributed by atoms with E-state index in [-0.39, 0.29) is 23.9 Å². The van der Waals surface area contributed by atoms with Gasteiger partial charge in [-0.2, -0.15) is 0 Å². The maximum absolute atomic E-state index is 11.7. The van der Waals surface area contributed by atoms with Crippen molar-refractivity contribution in [1.82, 2.24) is 10.3 Å². The number of pyridine rings is 1. The van der Waals surface area contributed by atoms with Gasteiger partial charge in [-0.15, -0.1) is 0 Å². The molecule has 4 N–H and O–H groups in total. The molecule has 18 heavy (non-hydrogen) atoms. The Labute approximate surface area is 105 Å². The van der Waals surface area contributed by atoms with Crippen molar-refractivity contribution >= 4 is 17.6 Å². The number of carbonyl (C=O) groups excluding carboxylic acids is 2. The number of aromatic nitrogens is 1. The van der Waals surface area contributed by atoms with Crippen LogP contribution in [0.3, 0.4) is 0 Å². The molecule has 1 aromatic rings. The third kappa shape index (κ3) is 2.97. The van der Waals surface area contributed by atoms with E-state index < -0.39 is 0 Å². The number of nitrogens with one attached hydrogen (secondary N) is 2. The Balaban J connectivity index is 1.90.